The highest BCUT2D eigenvalue weighted by molar-refractivity contribution is 7.85. The number of rotatable bonds is 0. The Kier molecular flexibility index (Phi) is 14.5. The standard InChI is InChI=1S/CH4O3S.ClH.H3O4P.H2O4S/c1-5(2,3)4;;2*1-5(2,3)4/h1H3,(H,2,3,4);1H;(H3,1,2,3,4);(H2,1,2,3,4). The van der Waals surface area contributed by atoms with Crippen molar-refractivity contribution >= 4 is 40.7 Å². The quantitative estimate of drug-likeness (QED) is 0.219. The van der Waals surface area contributed by atoms with Gasteiger partial charge in [-0.05, 0) is 0 Å². The highest BCUT2D eigenvalue weighted by Gasteiger charge is 2.00. The van der Waals surface area contributed by atoms with Crippen LogP contribution < -0.4 is 0 Å². The molecule has 0 spiro atoms. The molecule has 0 aliphatic carbocycles. The van der Waals surface area contributed by atoms with Crippen molar-refractivity contribution in [3.63, 3.8) is 0 Å². The van der Waals surface area contributed by atoms with Gasteiger partial charge in [0.05, 0.1) is 6.26 Å². The Morgan fingerprint density at radius 2 is 0.875 bits per heavy atom. The van der Waals surface area contributed by atoms with Crippen LogP contribution in [-0.2, 0) is 25.1 Å². The first kappa shape index (κ1) is 25.1. The molecule has 0 unspecified atom stereocenters. The zero-order valence-electron chi connectivity index (χ0n) is 7.40. The molecule has 104 valence electrons. The zero-order valence-corrected chi connectivity index (χ0v) is 10.7. The third kappa shape index (κ3) is 76000. The molecule has 0 aromatic rings. The molecule has 0 heterocycles. The minimum Gasteiger partial charge on any atom is -0.303 e. The van der Waals surface area contributed by atoms with E-state index < -0.39 is 28.3 Å². The first-order valence-electron chi connectivity index (χ1n) is 2.41. The average Bonchev–Trinajstić information content (AvgIpc) is 1.41. The topological polar surface area (TPSA) is 207 Å². The summed E-state index contributed by atoms with van der Waals surface area (Å²) < 4.78 is 66.3. The van der Waals surface area contributed by atoms with Crippen LogP contribution in [0, 0.1) is 0 Å². The van der Waals surface area contributed by atoms with Crippen molar-refractivity contribution in [2.45, 2.75) is 0 Å². The molecular weight excluding hydrogens is 319 g/mol. The maximum Gasteiger partial charge on any atom is 0.466 e. The van der Waals surface area contributed by atoms with Crippen molar-refractivity contribution in [2.75, 3.05) is 6.26 Å². The Bertz CT molecular complexity index is 331. The molecule has 0 radical (unpaired) electrons. The molecule has 0 aliphatic rings. The highest BCUT2D eigenvalue weighted by Crippen LogP contribution is 2.25. The predicted octanol–water partition coefficient (Wildman–Crippen LogP) is -1.66. The Hall–Kier alpha value is 0.180. The first-order chi connectivity index (χ1) is 6.00. The van der Waals surface area contributed by atoms with Gasteiger partial charge in [0.2, 0.25) is 0 Å². The van der Waals surface area contributed by atoms with E-state index in [1.807, 2.05) is 0 Å². The van der Waals surface area contributed by atoms with Crippen LogP contribution in [0.15, 0.2) is 0 Å². The molecule has 0 saturated carbocycles. The lowest BCUT2D eigenvalue weighted by Gasteiger charge is -1.82. The molecule has 0 aromatic heterocycles. The minimum atomic E-state index is -4.67. The maximum atomic E-state index is 9.19. The van der Waals surface area contributed by atoms with E-state index in [4.69, 9.17) is 41.3 Å². The Labute approximate surface area is 97.1 Å². The first-order valence-corrected chi connectivity index (χ1v) is 7.22. The van der Waals surface area contributed by atoms with Crippen molar-refractivity contribution in [3.8, 4) is 0 Å². The van der Waals surface area contributed by atoms with Gasteiger partial charge < -0.3 is 14.7 Å². The van der Waals surface area contributed by atoms with Gasteiger partial charge >= 0.3 is 18.2 Å². The molecule has 6 N–H and O–H groups in total. The summed E-state index contributed by atoms with van der Waals surface area (Å²) in [7, 11) is -13.0. The summed E-state index contributed by atoms with van der Waals surface area (Å²) in [6.07, 6.45) is 0.715. The Morgan fingerprint density at radius 3 is 0.875 bits per heavy atom. The van der Waals surface area contributed by atoms with Crippen molar-refractivity contribution < 1.29 is 49.7 Å². The summed E-state index contributed by atoms with van der Waals surface area (Å²) in [6, 6.07) is 0. The molecule has 0 bridgehead atoms. The molecule has 11 nitrogen and oxygen atoms in total. The number of phosphoric acid groups is 1. The van der Waals surface area contributed by atoms with E-state index in [1.165, 1.54) is 0 Å². The predicted molar refractivity (Wildman–Crippen MR) is 53.2 cm³/mol. The van der Waals surface area contributed by atoms with Crippen molar-refractivity contribution in [2.24, 2.45) is 0 Å². The fourth-order valence-electron chi connectivity index (χ4n) is 0. The van der Waals surface area contributed by atoms with Crippen LogP contribution in [0.1, 0.15) is 0 Å². The van der Waals surface area contributed by atoms with Crippen LogP contribution in [0.5, 0.6) is 0 Å². The van der Waals surface area contributed by atoms with Gasteiger partial charge in [-0.25, -0.2) is 4.57 Å². The van der Waals surface area contributed by atoms with Crippen LogP contribution >= 0.6 is 20.2 Å². The van der Waals surface area contributed by atoms with Gasteiger partial charge in [0.25, 0.3) is 10.1 Å². The van der Waals surface area contributed by atoms with E-state index in [-0.39, 0.29) is 12.4 Å². The molecular formula is CH10ClO11PS2. The van der Waals surface area contributed by atoms with Gasteiger partial charge in [-0.2, -0.15) is 16.8 Å². The summed E-state index contributed by atoms with van der Waals surface area (Å²) in [4.78, 5) is 21.6. The molecule has 0 amide bonds. The van der Waals surface area contributed by atoms with E-state index >= 15 is 0 Å². The number of halogens is 1. The SMILES string of the molecule is CS(=O)(=O)O.Cl.O=P(O)(O)O.O=S(=O)(O)O. The smallest absolute Gasteiger partial charge is 0.303 e. The van der Waals surface area contributed by atoms with E-state index in [2.05, 4.69) is 0 Å². The van der Waals surface area contributed by atoms with E-state index in [9.17, 15) is 8.42 Å². The zero-order chi connectivity index (χ0) is 13.5. The lowest BCUT2D eigenvalue weighted by molar-refractivity contribution is 0.275. The molecule has 0 aromatic carbocycles. The molecule has 16 heavy (non-hydrogen) atoms. The van der Waals surface area contributed by atoms with E-state index in [0.29, 0.717) is 6.26 Å². The second kappa shape index (κ2) is 9.23. The van der Waals surface area contributed by atoms with Crippen LogP contribution in [0.2, 0.25) is 0 Å². The van der Waals surface area contributed by atoms with Gasteiger partial charge in [-0.3, -0.25) is 13.7 Å². The molecule has 0 fully saturated rings. The van der Waals surface area contributed by atoms with Crippen LogP contribution in [0.3, 0.4) is 0 Å². The average molecular weight is 329 g/mol. The van der Waals surface area contributed by atoms with Gasteiger partial charge in [-0.15, -0.1) is 12.4 Å². The van der Waals surface area contributed by atoms with Crippen molar-refractivity contribution in [3.05, 3.63) is 0 Å². The second-order valence-corrected chi connectivity index (χ2v) is 5.08. The summed E-state index contributed by atoms with van der Waals surface area (Å²) in [5.41, 5.74) is 0. The fourth-order valence-corrected chi connectivity index (χ4v) is 0. The van der Waals surface area contributed by atoms with Gasteiger partial charge in [0.1, 0.15) is 0 Å². The lowest BCUT2D eigenvalue weighted by Crippen LogP contribution is -1.89. The summed E-state index contributed by atoms with van der Waals surface area (Å²) in [5.74, 6) is 0. The third-order valence-corrected chi connectivity index (χ3v) is 0. The minimum absolute atomic E-state index is 0. The third-order valence-electron chi connectivity index (χ3n) is 0. The van der Waals surface area contributed by atoms with Crippen molar-refractivity contribution in [1.82, 2.24) is 0 Å². The lowest BCUT2D eigenvalue weighted by atomic mass is 12.0. The summed E-state index contributed by atoms with van der Waals surface area (Å²) in [5, 5.41) is 0. The monoisotopic (exact) mass is 328 g/mol. The Balaban J connectivity index is -0.0000000655. The van der Waals surface area contributed by atoms with Gasteiger partial charge in [-0.1, -0.05) is 0 Å². The highest BCUT2D eigenvalue weighted by atomic mass is 35.5. The van der Waals surface area contributed by atoms with Crippen molar-refractivity contribution in [1.29, 1.82) is 0 Å². The largest absolute Gasteiger partial charge is 0.466 e. The van der Waals surface area contributed by atoms with Crippen LogP contribution in [-0.4, -0.2) is 51.4 Å². The van der Waals surface area contributed by atoms with Gasteiger partial charge in [0.15, 0.2) is 0 Å². The van der Waals surface area contributed by atoms with E-state index in [1.54, 1.807) is 0 Å². The van der Waals surface area contributed by atoms with Crippen LogP contribution in [0.25, 0.3) is 0 Å². The summed E-state index contributed by atoms with van der Waals surface area (Å²) in [6.45, 7) is 0. The van der Waals surface area contributed by atoms with Gasteiger partial charge in [0, 0.05) is 0 Å². The molecule has 0 rings (SSSR count). The summed E-state index contributed by atoms with van der Waals surface area (Å²) >= 11 is 0. The second-order valence-electron chi connectivity index (χ2n) is 1.69. The molecule has 0 atom stereocenters. The maximum absolute atomic E-state index is 9.19. The number of hydrogen-bond donors (Lipinski definition) is 6. The van der Waals surface area contributed by atoms with Crippen LogP contribution in [0.4, 0.5) is 0 Å². The van der Waals surface area contributed by atoms with E-state index in [0.717, 1.165) is 0 Å². The molecule has 0 saturated heterocycles. The molecule has 15 heteroatoms. The molecule has 0 aliphatic heterocycles. The Morgan fingerprint density at radius 1 is 0.875 bits per heavy atom. The number of hydrogen-bond acceptors (Lipinski definition) is 5. The normalized spacial score (nSPS) is 10.9. The fraction of sp³-hybridized carbons (Fsp3) is 1.00.